The van der Waals surface area contributed by atoms with Gasteiger partial charge in [-0.05, 0) is 37.3 Å². The molecule has 0 spiro atoms. The largest absolute Gasteiger partial charge is 0.494 e. The van der Waals surface area contributed by atoms with Crippen molar-refractivity contribution >= 4 is 32.6 Å². The summed E-state index contributed by atoms with van der Waals surface area (Å²) >= 11 is 1.69. The van der Waals surface area contributed by atoms with E-state index in [0.717, 1.165) is 47.0 Å². The van der Waals surface area contributed by atoms with Crippen molar-refractivity contribution < 1.29 is 18.3 Å². The molecule has 0 bridgehead atoms. The molecule has 1 amide bonds. The number of benzene rings is 1. The number of rotatable bonds is 4. The van der Waals surface area contributed by atoms with Crippen LogP contribution in [0.5, 0.6) is 5.75 Å². The number of thiazole rings is 1. The van der Waals surface area contributed by atoms with E-state index in [1.54, 1.807) is 23.3 Å². The predicted molar refractivity (Wildman–Crippen MR) is 111 cm³/mol. The lowest BCUT2D eigenvalue weighted by atomic mass is 9.92. The number of anilines is 1. The summed E-state index contributed by atoms with van der Waals surface area (Å²) < 4.78 is 33.2. The quantitative estimate of drug-likeness (QED) is 0.728. The first-order chi connectivity index (χ1) is 13.9. The third kappa shape index (κ3) is 4.32. The number of piperidine rings is 2. The van der Waals surface area contributed by atoms with Crippen LogP contribution in [0.4, 0.5) is 13.9 Å². The van der Waals surface area contributed by atoms with E-state index < -0.39 is 5.92 Å². The fraction of sp³-hybridized carbons (Fsp3) is 0.619. The van der Waals surface area contributed by atoms with E-state index in [9.17, 15) is 13.6 Å². The number of amides is 1. The number of methoxy groups -OCH3 is 1. The standard InChI is InChI=1S/C21H27F2N3O2S/c1-14-3-4-16(28-2)18-19(14)29-20(24-18)26-9-5-15(6-10-26)13-17(27)25-11-7-21(22,23)8-12-25/h3-4,15H,5-13H2,1-2H3. The van der Waals surface area contributed by atoms with Gasteiger partial charge in [-0.25, -0.2) is 13.8 Å². The van der Waals surface area contributed by atoms with Crippen molar-refractivity contribution in [1.29, 1.82) is 0 Å². The highest BCUT2D eigenvalue weighted by molar-refractivity contribution is 7.22. The van der Waals surface area contributed by atoms with E-state index in [-0.39, 0.29) is 31.8 Å². The molecule has 5 nitrogen and oxygen atoms in total. The van der Waals surface area contributed by atoms with Gasteiger partial charge in [0.15, 0.2) is 5.13 Å². The molecule has 1 aromatic heterocycles. The van der Waals surface area contributed by atoms with Gasteiger partial charge in [0.05, 0.1) is 11.8 Å². The van der Waals surface area contributed by atoms with Gasteiger partial charge >= 0.3 is 0 Å². The van der Waals surface area contributed by atoms with Crippen molar-refractivity contribution in [2.75, 3.05) is 38.2 Å². The molecule has 2 aliphatic rings. The zero-order valence-corrected chi connectivity index (χ0v) is 17.7. The second kappa shape index (κ2) is 8.05. The first-order valence-electron chi connectivity index (χ1n) is 10.2. The molecule has 2 aromatic rings. The number of carbonyl (C=O) groups excluding carboxylic acids is 1. The number of alkyl halides is 2. The third-order valence-electron chi connectivity index (χ3n) is 6.11. The summed E-state index contributed by atoms with van der Waals surface area (Å²) in [4.78, 5) is 21.2. The zero-order valence-electron chi connectivity index (χ0n) is 16.9. The molecule has 1 aromatic carbocycles. The lowest BCUT2D eigenvalue weighted by Gasteiger charge is -2.35. The van der Waals surface area contributed by atoms with Crippen LogP contribution in [0.25, 0.3) is 10.2 Å². The van der Waals surface area contributed by atoms with Crippen molar-refractivity contribution in [2.24, 2.45) is 5.92 Å². The minimum atomic E-state index is -2.61. The summed E-state index contributed by atoms with van der Waals surface area (Å²) in [6, 6.07) is 4.01. The van der Waals surface area contributed by atoms with Crippen LogP contribution in [0, 0.1) is 12.8 Å². The number of hydrogen-bond donors (Lipinski definition) is 0. The fourth-order valence-corrected chi connectivity index (χ4v) is 5.29. The van der Waals surface area contributed by atoms with Crippen LogP contribution < -0.4 is 9.64 Å². The second-order valence-electron chi connectivity index (χ2n) is 8.13. The highest BCUT2D eigenvalue weighted by atomic mass is 32.1. The Morgan fingerprint density at radius 3 is 2.59 bits per heavy atom. The molecule has 29 heavy (non-hydrogen) atoms. The summed E-state index contributed by atoms with van der Waals surface area (Å²) in [7, 11) is 1.66. The molecule has 8 heteroatoms. The predicted octanol–water partition coefficient (Wildman–Crippen LogP) is 4.48. The lowest BCUT2D eigenvalue weighted by molar-refractivity contribution is -0.138. The summed E-state index contributed by atoms with van der Waals surface area (Å²) in [6.07, 6.45) is 1.88. The van der Waals surface area contributed by atoms with E-state index in [0.29, 0.717) is 12.3 Å². The van der Waals surface area contributed by atoms with Gasteiger partial charge < -0.3 is 14.5 Å². The molecular formula is C21H27F2N3O2S. The number of aromatic nitrogens is 1. The van der Waals surface area contributed by atoms with Crippen molar-refractivity contribution in [3.63, 3.8) is 0 Å². The van der Waals surface area contributed by atoms with Crippen LogP contribution in [-0.4, -0.2) is 55.0 Å². The van der Waals surface area contributed by atoms with E-state index in [2.05, 4.69) is 17.9 Å². The zero-order chi connectivity index (χ0) is 20.6. The van der Waals surface area contributed by atoms with Gasteiger partial charge in [-0.2, -0.15) is 0 Å². The minimum absolute atomic E-state index is 0.0271. The molecule has 158 valence electrons. The number of aryl methyl sites for hydroxylation is 1. The monoisotopic (exact) mass is 423 g/mol. The smallest absolute Gasteiger partial charge is 0.251 e. The Morgan fingerprint density at radius 2 is 1.93 bits per heavy atom. The molecule has 0 atom stereocenters. The van der Waals surface area contributed by atoms with Crippen LogP contribution >= 0.6 is 11.3 Å². The Balaban J connectivity index is 1.34. The maximum atomic E-state index is 13.3. The number of carbonyl (C=O) groups is 1. The first kappa shape index (κ1) is 20.3. The highest BCUT2D eigenvalue weighted by Crippen LogP contribution is 2.38. The topological polar surface area (TPSA) is 45.7 Å². The van der Waals surface area contributed by atoms with Crippen molar-refractivity contribution in [1.82, 2.24) is 9.88 Å². The average molecular weight is 424 g/mol. The Morgan fingerprint density at radius 1 is 1.24 bits per heavy atom. The number of halogens is 2. The highest BCUT2D eigenvalue weighted by Gasteiger charge is 2.36. The second-order valence-corrected chi connectivity index (χ2v) is 9.11. The maximum absolute atomic E-state index is 13.3. The van der Waals surface area contributed by atoms with Gasteiger partial charge in [0.2, 0.25) is 5.91 Å². The van der Waals surface area contributed by atoms with Gasteiger partial charge in [0, 0.05) is 45.4 Å². The SMILES string of the molecule is COc1ccc(C)c2sc(N3CCC(CC(=O)N4CCC(F)(F)CC4)CC3)nc12. The third-order valence-corrected chi connectivity index (χ3v) is 7.36. The summed E-state index contributed by atoms with van der Waals surface area (Å²) in [5.41, 5.74) is 2.10. The van der Waals surface area contributed by atoms with Crippen molar-refractivity contribution in [3.05, 3.63) is 17.7 Å². The van der Waals surface area contributed by atoms with Gasteiger partial charge in [-0.1, -0.05) is 17.4 Å². The van der Waals surface area contributed by atoms with Crippen LogP contribution in [0.15, 0.2) is 12.1 Å². The van der Waals surface area contributed by atoms with Crippen molar-refractivity contribution in [3.8, 4) is 5.75 Å². The number of hydrogen-bond acceptors (Lipinski definition) is 5. The van der Waals surface area contributed by atoms with Gasteiger partial charge in [0.25, 0.3) is 5.92 Å². The lowest BCUT2D eigenvalue weighted by Crippen LogP contribution is -2.44. The molecule has 0 saturated carbocycles. The van der Waals surface area contributed by atoms with E-state index >= 15 is 0 Å². The molecule has 4 rings (SSSR count). The Labute approximate surface area is 173 Å². The van der Waals surface area contributed by atoms with Crippen LogP contribution in [0.2, 0.25) is 0 Å². The molecule has 2 aliphatic heterocycles. The number of fused-ring (bicyclic) bond motifs is 1. The molecule has 3 heterocycles. The van der Waals surface area contributed by atoms with E-state index in [1.807, 2.05) is 6.07 Å². The van der Waals surface area contributed by atoms with Gasteiger partial charge in [0.1, 0.15) is 11.3 Å². The van der Waals surface area contributed by atoms with Crippen molar-refractivity contribution in [2.45, 2.75) is 45.0 Å². The van der Waals surface area contributed by atoms with Gasteiger partial charge in [-0.3, -0.25) is 4.79 Å². The summed E-state index contributed by atoms with van der Waals surface area (Å²) in [6.45, 7) is 4.15. The fourth-order valence-electron chi connectivity index (χ4n) is 4.19. The van der Waals surface area contributed by atoms with E-state index in [4.69, 9.17) is 9.72 Å². The molecule has 2 saturated heterocycles. The number of likely N-dealkylation sites (tertiary alicyclic amines) is 1. The number of nitrogens with zero attached hydrogens (tertiary/aromatic N) is 3. The molecular weight excluding hydrogens is 396 g/mol. The first-order valence-corrected chi connectivity index (χ1v) is 11.0. The van der Waals surface area contributed by atoms with Crippen LogP contribution in [0.1, 0.15) is 37.7 Å². The Kier molecular flexibility index (Phi) is 5.64. The maximum Gasteiger partial charge on any atom is 0.251 e. The van der Waals surface area contributed by atoms with Crippen LogP contribution in [0.3, 0.4) is 0 Å². The summed E-state index contributed by atoms with van der Waals surface area (Å²) in [5, 5.41) is 0.996. The average Bonchev–Trinajstić information content (AvgIpc) is 3.15. The molecule has 0 N–H and O–H groups in total. The Bertz CT molecular complexity index is 883. The number of ether oxygens (including phenoxy) is 1. The van der Waals surface area contributed by atoms with Crippen LogP contribution in [-0.2, 0) is 4.79 Å². The van der Waals surface area contributed by atoms with E-state index in [1.165, 1.54) is 5.56 Å². The molecule has 0 radical (unpaired) electrons. The minimum Gasteiger partial charge on any atom is -0.494 e. The molecule has 0 unspecified atom stereocenters. The Hall–Kier alpha value is -1.96. The normalized spacial score (nSPS) is 20.3. The molecule has 2 fully saturated rings. The summed E-state index contributed by atoms with van der Waals surface area (Å²) in [5.74, 6) is -1.48. The van der Waals surface area contributed by atoms with Gasteiger partial charge in [-0.15, -0.1) is 0 Å². The molecule has 0 aliphatic carbocycles.